The predicted octanol–water partition coefficient (Wildman–Crippen LogP) is 4.03. The third kappa shape index (κ3) is 5.00. The van der Waals surface area contributed by atoms with Gasteiger partial charge in [0, 0.05) is 24.5 Å². The van der Waals surface area contributed by atoms with Crippen molar-refractivity contribution >= 4 is 11.6 Å². The molecular weight excluding hydrogens is 340 g/mol. The quantitative estimate of drug-likeness (QED) is 0.857. The standard InChI is InChI=1S/C16H19F2N3O.C3H8O/c1-10-9-13(14(17)18)21-8-7-12(15(21)19-10)16(22)20-11-5-3-2-4-6-11;1-2-3-4/h7-9,11,14H,2-6H2,1H3,(H,20,22);4H,2-3H2,1H3. The molecule has 2 aromatic rings. The second kappa shape index (κ2) is 9.62. The number of nitrogens with zero attached hydrogens (tertiary/aromatic N) is 2. The summed E-state index contributed by atoms with van der Waals surface area (Å²) in [5.74, 6) is -0.229. The largest absolute Gasteiger partial charge is 0.396 e. The zero-order chi connectivity index (χ0) is 19.1. The van der Waals surface area contributed by atoms with Crippen LogP contribution in [-0.2, 0) is 0 Å². The second-order valence-electron chi connectivity index (χ2n) is 6.58. The average Bonchev–Trinajstić information content (AvgIpc) is 3.05. The molecule has 3 rings (SSSR count). The number of fused-ring (bicyclic) bond motifs is 1. The number of alkyl halides is 2. The van der Waals surface area contributed by atoms with E-state index in [4.69, 9.17) is 5.11 Å². The van der Waals surface area contributed by atoms with E-state index in [0.29, 0.717) is 23.5 Å². The number of aryl methyl sites for hydroxylation is 1. The zero-order valence-corrected chi connectivity index (χ0v) is 15.3. The molecule has 2 heterocycles. The van der Waals surface area contributed by atoms with Gasteiger partial charge in [-0.15, -0.1) is 0 Å². The highest BCUT2D eigenvalue weighted by Crippen LogP contribution is 2.23. The fourth-order valence-corrected chi connectivity index (χ4v) is 3.08. The Morgan fingerprint density at radius 3 is 2.62 bits per heavy atom. The Hall–Kier alpha value is -2.02. The van der Waals surface area contributed by atoms with E-state index in [2.05, 4.69) is 10.3 Å². The first-order valence-electron chi connectivity index (χ1n) is 9.16. The number of carbonyl (C=O) groups is 1. The van der Waals surface area contributed by atoms with Gasteiger partial charge in [-0.1, -0.05) is 26.2 Å². The van der Waals surface area contributed by atoms with Gasteiger partial charge in [0.2, 0.25) is 0 Å². The van der Waals surface area contributed by atoms with Crippen LogP contribution in [0.25, 0.3) is 5.65 Å². The molecular formula is C19H27F2N3O2. The van der Waals surface area contributed by atoms with Crippen LogP contribution < -0.4 is 5.32 Å². The molecule has 0 aromatic carbocycles. The van der Waals surface area contributed by atoms with Crippen molar-refractivity contribution in [1.82, 2.24) is 14.7 Å². The van der Waals surface area contributed by atoms with E-state index in [1.54, 1.807) is 13.0 Å². The van der Waals surface area contributed by atoms with Crippen LogP contribution >= 0.6 is 0 Å². The van der Waals surface area contributed by atoms with Crippen LogP contribution in [-0.4, -0.2) is 33.0 Å². The molecule has 2 N–H and O–H groups in total. The topological polar surface area (TPSA) is 66.6 Å². The third-order valence-corrected chi connectivity index (χ3v) is 4.41. The Morgan fingerprint density at radius 1 is 1.38 bits per heavy atom. The van der Waals surface area contributed by atoms with E-state index in [1.807, 2.05) is 6.92 Å². The van der Waals surface area contributed by atoms with Gasteiger partial charge in [0.05, 0.1) is 11.3 Å². The molecule has 0 radical (unpaired) electrons. The molecule has 7 heteroatoms. The molecule has 144 valence electrons. The lowest BCUT2D eigenvalue weighted by molar-refractivity contribution is 0.0929. The van der Waals surface area contributed by atoms with E-state index < -0.39 is 6.43 Å². The highest BCUT2D eigenvalue weighted by atomic mass is 19.3. The minimum Gasteiger partial charge on any atom is -0.396 e. The number of carbonyl (C=O) groups excluding carboxylic acids is 1. The van der Waals surface area contributed by atoms with Crippen molar-refractivity contribution in [2.75, 3.05) is 6.61 Å². The Labute approximate surface area is 152 Å². The number of aromatic nitrogens is 2. The molecule has 26 heavy (non-hydrogen) atoms. The Bertz CT molecular complexity index is 723. The van der Waals surface area contributed by atoms with Crippen LogP contribution in [0.4, 0.5) is 8.78 Å². The molecule has 5 nitrogen and oxygen atoms in total. The van der Waals surface area contributed by atoms with E-state index in [1.165, 1.54) is 23.1 Å². The van der Waals surface area contributed by atoms with Gasteiger partial charge in [0.15, 0.2) is 0 Å². The molecule has 0 unspecified atom stereocenters. The van der Waals surface area contributed by atoms with Gasteiger partial charge in [-0.2, -0.15) is 0 Å². The van der Waals surface area contributed by atoms with Crippen molar-refractivity contribution < 1.29 is 18.7 Å². The number of hydrogen-bond donors (Lipinski definition) is 2. The summed E-state index contributed by atoms with van der Waals surface area (Å²) in [6.07, 6.45) is 5.16. The van der Waals surface area contributed by atoms with Crippen molar-refractivity contribution in [1.29, 1.82) is 0 Å². The van der Waals surface area contributed by atoms with Crippen molar-refractivity contribution in [3.63, 3.8) is 0 Å². The molecule has 1 saturated carbocycles. The first-order valence-corrected chi connectivity index (χ1v) is 9.16. The minimum atomic E-state index is -2.61. The second-order valence-corrected chi connectivity index (χ2v) is 6.58. The SMILES string of the molecule is CCCO.Cc1cc(C(F)F)n2ccc(C(=O)NC3CCCCC3)c2n1. The monoisotopic (exact) mass is 367 g/mol. The Kier molecular flexibility index (Phi) is 7.50. The highest BCUT2D eigenvalue weighted by Gasteiger charge is 2.21. The van der Waals surface area contributed by atoms with E-state index in [0.717, 1.165) is 32.1 Å². The van der Waals surface area contributed by atoms with Crippen molar-refractivity contribution in [2.24, 2.45) is 0 Å². The fourth-order valence-electron chi connectivity index (χ4n) is 3.08. The highest BCUT2D eigenvalue weighted by molar-refractivity contribution is 6.00. The number of rotatable bonds is 4. The van der Waals surface area contributed by atoms with Gasteiger partial charge >= 0.3 is 0 Å². The van der Waals surface area contributed by atoms with Gasteiger partial charge in [-0.25, -0.2) is 13.8 Å². The Morgan fingerprint density at radius 2 is 2.04 bits per heavy atom. The summed E-state index contributed by atoms with van der Waals surface area (Å²) in [6.45, 7) is 3.90. The zero-order valence-electron chi connectivity index (χ0n) is 15.3. The molecule has 0 aliphatic heterocycles. The summed E-state index contributed by atoms with van der Waals surface area (Å²) in [6, 6.07) is 3.09. The lowest BCUT2D eigenvalue weighted by Gasteiger charge is -2.22. The molecule has 0 spiro atoms. The normalized spacial score (nSPS) is 15.0. The summed E-state index contributed by atoms with van der Waals surface area (Å²) in [7, 11) is 0. The van der Waals surface area contributed by atoms with Gasteiger partial charge in [0.25, 0.3) is 12.3 Å². The van der Waals surface area contributed by atoms with Crippen LogP contribution in [0.1, 0.15) is 73.6 Å². The number of nitrogens with one attached hydrogen (secondary N) is 1. The minimum absolute atomic E-state index is 0.140. The lowest BCUT2D eigenvalue weighted by Crippen LogP contribution is -2.36. The van der Waals surface area contributed by atoms with Crippen LogP contribution in [0.15, 0.2) is 18.3 Å². The predicted molar refractivity (Wildman–Crippen MR) is 96.6 cm³/mol. The number of hydrogen-bond acceptors (Lipinski definition) is 3. The summed E-state index contributed by atoms with van der Waals surface area (Å²) >= 11 is 0. The van der Waals surface area contributed by atoms with Gasteiger partial charge < -0.3 is 10.4 Å². The van der Waals surface area contributed by atoms with Crippen LogP contribution in [0, 0.1) is 6.92 Å². The maximum absolute atomic E-state index is 13.1. The molecule has 1 fully saturated rings. The fraction of sp³-hybridized carbons (Fsp3) is 0.579. The van der Waals surface area contributed by atoms with Crippen LogP contribution in [0.5, 0.6) is 0 Å². The van der Waals surface area contributed by atoms with Crippen molar-refractivity contribution in [2.45, 2.75) is 64.8 Å². The molecule has 1 aliphatic rings. The van der Waals surface area contributed by atoms with Crippen molar-refractivity contribution in [3.8, 4) is 0 Å². The molecule has 0 bridgehead atoms. The van der Waals surface area contributed by atoms with Gasteiger partial charge in [-0.3, -0.25) is 9.20 Å². The van der Waals surface area contributed by atoms with Crippen LogP contribution in [0.3, 0.4) is 0 Å². The van der Waals surface area contributed by atoms with Gasteiger partial charge in [-0.05, 0) is 38.3 Å². The average molecular weight is 367 g/mol. The molecule has 0 atom stereocenters. The molecule has 0 saturated heterocycles. The third-order valence-electron chi connectivity index (χ3n) is 4.41. The lowest BCUT2D eigenvalue weighted by atomic mass is 9.95. The van der Waals surface area contributed by atoms with E-state index in [9.17, 15) is 13.6 Å². The number of aliphatic hydroxyl groups excluding tert-OH is 1. The number of aliphatic hydroxyl groups is 1. The smallest absolute Gasteiger partial charge is 0.278 e. The number of amides is 1. The van der Waals surface area contributed by atoms with E-state index in [-0.39, 0.29) is 17.6 Å². The number of halogens is 2. The van der Waals surface area contributed by atoms with Crippen molar-refractivity contribution in [3.05, 3.63) is 35.3 Å². The molecule has 2 aromatic heterocycles. The maximum atomic E-state index is 13.1. The van der Waals surface area contributed by atoms with E-state index >= 15 is 0 Å². The molecule has 1 amide bonds. The van der Waals surface area contributed by atoms with Crippen LogP contribution in [0.2, 0.25) is 0 Å². The first kappa shape index (κ1) is 20.3. The summed E-state index contributed by atoms with van der Waals surface area (Å²) < 4.78 is 27.5. The maximum Gasteiger partial charge on any atom is 0.278 e. The molecule has 1 aliphatic carbocycles. The summed E-state index contributed by atoms with van der Waals surface area (Å²) in [5.41, 5.74) is 0.993. The first-order chi connectivity index (χ1) is 12.5. The summed E-state index contributed by atoms with van der Waals surface area (Å²) in [4.78, 5) is 16.7. The summed E-state index contributed by atoms with van der Waals surface area (Å²) in [5, 5.41) is 10.9. The Balaban J connectivity index is 0.000000552. The van der Waals surface area contributed by atoms with Gasteiger partial charge in [0.1, 0.15) is 5.65 Å².